The van der Waals surface area contributed by atoms with Gasteiger partial charge in [-0.3, -0.25) is 0 Å². The first-order valence-electron chi connectivity index (χ1n) is 12.2. The first-order chi connectivity index (χ1) is 12.2. The maximum absolute atomic E-state index is 2.54. The summed E-state index contributed by atoms with van der Waals surface area (Å²) < 4.78 is 0. The minimum atomic E-state index is 0.494. The third-order valence-corrected chi connectivity index (χ3v) is 6.05. The lowest BCUT2D eigenvalue weighted by Crippen LogP contribution is -2.18. The predicted molar refractivity (Wildman–Crippen MR) is 122 cm³/mol. The highest BCUT2D eigenvalue weighted by atomic mass is 14.3. The minimum absolute atomic E-state index is 0.494. The summed E-state index contributed by atoms with van der Waals surface area (Å²) >= 11 is 0. The van der Waals surface area contributed by atoms with E-state index in [1.54, 1.807) is 0 Å². The molecule has 0 heteroatoms. The molecule has 0 radical (unpaired) electrons. The molecule has 0 aromatic carbocycles. The molecule has 0 heterocycles. The summed E-state index contributed by atoms with van der Waals surface area (Å²) in [4.78, 5) is 0. The zero-order valence-electron chi connectivity index (χ0n) is 19.9. The topological polar surface area (TPSA) is 0 Å². The Morgan fingerprint density at radius 1 is 0.538 bits per heavy atom. The molecule has 0 aliphatic heterocycles. The molecule has 0 amide bonds. The van der Waals surface area contributed by atoms with Crippen LogP contribution in [0.15, 0.2) is 0 Å². The molecule has 0 rings (SSSR count). The average molecular weight is 367 g/mol. The molecule has 0 spiro atoms. The lowest BCUT2D eigenvalue weighted by molar-refractivity contribution is 0.207. The Balaban J connectivity index is 4.30. The molecule has 0 nitrogen and oxygen atoms in total. The van der Waals surface area contributed by atoms with Crippen LogP contribution in [0.1, 0.15) is 151 Å². The summed E-state index contributed by atoms with van der Waals surface area (Å²) in [6.45, 7) is 16.9. The van der Waals surface area contributed by atoms with Gasteiger partial charge in [-0.1, -0.05) is 132 Å². The Bertz CT molecular complexity index is 280. The fraction of sp³-hybridized carbons (Fsp3) is 1.00. The van der Waals surface area contributed by atoms with E-state index in [-0.39, 0.29) is 0 Å². The van der Waals surface area contributed by atoms with Gasteiger partial charge in [0.25, 0.3) is 0 Å². The van der Waals surface area contributed by atoms with Crippen molar-refractivity contribution >= 4 is 0 Å². The average Bonchev–Trinajstić information content (AvgIpc) is 2.52. The summed E-state index contributed by atoms with van der Waals surface area (Å²) in [5.41, 5.74) is 1.02. The van der Waals surface area contributed by atoms with E-state index in [4.69, 9.17) is 0 Å². The lowest BCUT2D eigenvalue weighted by Gasteiger charge is -2.31. The maximum atomic E-state index is 2.54. The fourth-order valence-electron chi connectivity index (χ4n) is 4.40. The van der Waals surface area contributed by atoms with Crippen LogP contribution < -0.4 is 0 Å². The van der Waals surface area contributed by atoms with E-state index in [0.29, 0.717) is 10.8 Å². The van der Waals surface area contributed by atoms with Crippen LogP contribution in [-0.4, -0.2) is 0 Å². The normalized spacial score (nSPS) is 12.9. The van der Waals surface area contributed by atoms with Crippen LogP contribution >= 0.6 is 0 Å². The third-order valence-electron chi connectivity index (χ3n) is 6.05. The number of rotatable bonds is 17. The molecule has 0 aliphatic carbocycles. The Morgan fingerprint density at radius 2 is 1.00 bits per heavy atom. The maximum Gasteiger partial charge on any atom is -0.0352 e. The highest BCUT2D eigenvalue weighted by Gasteiger charge is 2.23. The first-order valence-corrected chi connectivity index (χ1v) is 12.2. The van der Waals surface area contributed by atoms with Crippen LogP contribution in [0.25, 0.3) is 0 Å². The number of hydrogen-bond donors (Lipinski definition) is 0. The van der Waals surface area contributed by atoms with Crippen molar-refractivity contribution in [2.24, 2.45) is 16.7 Å². The molecule has 0 N–H and O–H groups in total. The molecular weight excluding hydrogens is 312 g/mol. The van der Waals surface area contributed by atoms with Crippen LogP contribution in [0.3, 0.4) is 0 Å². The van der Waals surface area contributed by atoms with Crippen LogP contribution in [0, 0.1) is 16.7 Å². The van der Waals surface area contributed by atoms with Gasteiger partial charge in [0.2, 0.25) is 0 Å². The van der Waals surface area contributed by atoms with Crippen LogP contribution in [0.2, 0.25) is 0 Å². The van der Waals surface area contributed by atoms with Gasteiger partial charge in [0.05, 0.1) is 0 Å². The van der Waals surface area contributed by atoms with E-state index in [0.717, 1.165) is 5.92 Å². The van der Waals surface area contributed by atoms with Crippen molar-refractivity contribution in [3.63, 3.8) is 0 Å². The summed E-state index contributed by atoms with van der Waals surface area (Å²) in [7, 11) is 0. The molecule has 0 aromatic heterocycles. The second-order valence-corrected chi connectivity index (χ2v) is 11.1. The van der Waals surface area contributed by atoms with Gasteiger partial charge in [0.1, 0.15) is 0 Å². The Morgan fingerprint density at radius 3 is 1.42 bits per heavy atom. The van der Waals surface area contributed by atoms with Crippen LogP contribution in [0.4, 0.5) is 0 Å². The van der Waals surface area contributed by atoms with Gasteiger partial charge in [-0.25, -0.2) is 0 Å². The highest BCUT2D eigenvalue weighted by molar-refractivity contribution is 4.75. The monoisotopic (exact) mass is 366 g/mol. The van der Waals surface area contributed by atoms with Gasteiger partial charge in [-0.15, -0.1) is 0 Å². The smallest absolute Gasteiger partial charge is 0.0352 e. The Kier molecular flexibility index (Phi) is 15.0. The molecule has 0 atom stereocenters. The second-order valence-electron chi connectivity index (χ2n) is 11.1. The first kappa shape index (κ1) is 26.0. The van der Waals surface area contributed by atoms with E-state index in [2.05, 4.69) is 48.5 Å². The standard InChI is InChI=1S/C26H54/c1-8-10-12-14-16-19-24(20-17-15-13-11-9-2)23-26(6,7)22-18-21-25(3,4)5/h24H,8-23H2,1-7H3. The SMILES string of the molecule is CCCCCCCC(CCCCCCC)CC(C)(C)CCCC(C)(C)C. The van der Waals surface area contributed by atoms with Crippen LogP contribution in [0.5, 0.6) is 0 Å². The molecular formula is C26H54. The third kappa shape index (κ3) is 17.4. The summed E-state index contributed by atoms with van der Waals surface area (Å²) in [6, 6.07) is 0. The van der Waals surface area contributed by atoms with E-state index < -0.39 is 0 Å². The molecule has 0 aliphatic rings. The van der Waals surface area contributed by atoms with Crippen molar-refractivity contribution in [1.82, 2.24) is 0 Å². The summed E-state index contributed by atoms with van der Waals surface area (Å²) in [5, 5.41) is 0. The Labute approximate surface area is 168 Å². The van der Waals surface area contributed by atoms with E-state index in [1.807, 2.05) is 0 Å². The van der Waals surface area contributed by atoms with Gasteiger partial charge in [-0.05, 0) is 36.0 Å². The zero-order valence-corrected chi connectivity index (χ0v) is 19.9. The van der Waals surface area contributed by atoms with E-state index in [1.165, 1.54) is 103 Å². The number of unbranched alkanes of at least 4 members (excludes halogenated alkanes) is 8. The van der Waals surface area contributed by atoms with E-state index in [9.17, 15) is 0 Å². The molecule has 0 fully saturated rings. The van der Waals surface area contributed by atoms with Crippen molar-refractivity contribution in [3.05, 3.63) is 0 Å². The molecule has 0 saturated carbocycles. The largest absolute Gasteiger partial charge is 0.0654 e. The summed E-state index contributed by atoms with van der Waals surface area (Å²) in [6.07, 6.45) is 23.0. The van der Waals surface area contributed by atoms with Gasteiger partial charge in [0.15, 0.2) is 0 Å². The quantitative estimate of drug-likeness (QED) is 0.225. The molecule has 26 heavy (non-hydrogen) atoms. The second kappa shape index (κ2) is 15.0. The molecule has 0 aromatic rings. The fourth-order valence-corrected chi connectivity index (χ4v) is 4.40. The summed E-state index contributed by atoms with van der Waals surface area (Å²) in [5.74, 6) is 0.975. The molecule has 0 unspecified atom stereocenters. The number of hydrogen-bond acceptors (Lipinski definition) is 0. The van der Waals surface area contributed by atoms with Gasteiger partial charge in [-0.2, -0.15) is 0 Å². The lowest BCUT2D eigenvalue weighted by atomic mass is 9.74. The van der Waals surface area contributed by atoms with Crippen LogP contribution in [-0.2, 0) is 0 Å². The van der Waals surface area contributed by atoms with Crippen molar-refractivity contribution in [1.29, 1.82) is 0 Å². The minimum Gasteiger partial charge on any atom is -0.0654 e. The van der Waals surface area contributed by atoms with Gasteiger partial charge < -0.3 is 0 Å². The highest BCUT2D eigenvalue weighted by Crippen LogP contribution is 2.37. The van der Waals surface area contributed by atoms with Crippen molar-refractivity contribution < 1.29 is 0 Å². The molecule has 158 valence electrons. The van der Waals surface area contributed by atoms with Crippen molar-refractivity contribution in [2.75, 3.05) is 0 Å². The zero-order chi connectivity index (χ0) is 19.9. The van der Waals surface area contributed by atoms with Crippen molar-refractivity contribution in [3.8, 4) is 0 Å². The molecule has 0 bridgehead atoms. The van der Waals surface area contributed by atoms with E-state index >= 15 is 0 Å². The van der Waals surface area contributed by atoms with Gasteiger partial charge >= 0.3 is 0 Å². The Hall–Kier alpha value is 0. The predicted octanol–water partition coefficient (Wildman–Crippen LogP) is 9.96. The van der Waals surface area contributed by atoms with Gasteiger partial charge in [0, 0.05) is 0 Å². The molecule has 0 saturated heterocycles. The van der Waals surface area contributed by atoms with Crippen molar-refractivity contribution in [2.45, 2.75) is 151 Å².